The van der Waals surface area contributed by atoms with Gasteiger partial charge in [-0.15, -0.1) is 0 Å². The molecule has 0 radical (unpaired) electrons. The fraction of sp³-hybridized carbons (Fsp3) is 0.571. The largest absolute Gasteiger partial charge is 0.392 e. The van der Waals surface area contributed by atoms with E-state index in [1.807, 2.05) is 6.92 Å². The first-order chi connectivity index (χ1) is 9.85. The molecule has 0 spiro atoms. The number of hydrogen-bond acceptors (Lipinski definition) is 4. The Hall–Kier alpha value is -0.470. The van der Waals surface area contributed by atoms with Gasteiger partial charge in [0.2, 0.25) is 10.0 Å². The average molecular weight is 378 g/mol. The van der Waals surface area contributed by atoms with Crippen LogP contribution in [0.1, 0.15) is 30.9 Å². The SMILES string of the molecule is Cc1cc(CO)cc(S(=O)(=O)NC(C)C2CCCO2)c1Br. The minimum atomic E-state index is -3.67. The third-order valence-electron chi connectivity index (χ3n) is 3.62. The first kappa shape index (κ1) is 16.9. The lowest BCUT2D eigenvalue weighted by molar-refractivity contribution is 0.0902. The quantitative estimate of drug-likeness (QED) is 0.823. The summed E-state index contributed by atoms with van der Waals surface area (Å²) in [6.07, 6.45) is 1.74. The smallest absolute Gasteiger partial charge is 0.242 e. The number of ether oxygens (including phenoxy) is 1. The molecular formula is C14H20BrNO4S. The fourth-order valence-corrected chi connectivity index (χ4v) is 4.82. The standard InChI is InChI=1S/C14H20BrNO4S/c1-9-6-11(8-17)7-13(14(9)15)21(18,19)16-10(2)12-4-3-5-20-12/h6-7,10,12,16-17H,3-5,8H2,1-2H3. The minimum Gasteiger partial charge on any atom is -0.392 e. The Morgan fingerprint density at radius 2 is 2.24 bits per heavy atom. The first-order valence-electron chi connectivity index (χ1n) is 6.89. The Morgan fingerprint density at radius 1 is 1.52 bits per heavy atom. The van der Waals surface area contributed by atoms with Crippen molar-refractivity contribution in [3.8, 4) is 0 Å². The van der Waals surface area contributed by atoms with E-state index in [1.165, 1.54) is 6.07 Å². The molecule has 2 rings (SSSR count). The van der Waals surface area contributed by atoms with Gasteiger partial charge in [-0.1, -0.05) is 6.07 Å². The summed E-state index contributed by atoms with van der Waals surface area (Å²) < 4.78 is 33.8. The summed E-state index contributed by atoms with van der Waals surface area (Å²) in [7, 11) is -3.67. The number of benzene rings is 1. The molecule has 1 aromatic carbocycles. The second-order valence-electron chi connectivity index (χ2n) is 5.34. The van der Waals surface area contributed by atoms with Crippen LogP contribution in [-0.4, -0.2) is 32.3 Å². The number of hydrogen-bond donors (Lipinski definition) is 2. The van der Waals surface area contributed by atoms with Crippen LogP contribution in [-0.2, 0) is 21.4 Å². The van der Waals surface area contributed by atoms with E-state index in [0.717, 1.165) is 18.4 Å². The van der Waals surface area contributed by atoms with Crippen molar-refractivity contribution in [3.05, 3.63) is 27.7 Å². The van der Waals surface area contributed by atoms with Crippen LogP contribution < -0.4 is 4.72 Å². The molecule has 2 unspecified atom stereocenters. The van der Waals surface area contributed by atoms with Gasteiger partial charge < -0.3 is 9.84 Å². The summed E-state index contributed by atoms with van der Waals surface area (Å²) in [5.41, 5.74) is 1.34. The van der Waals surface area contributed by atoms with Gasteiger partial charge >= 0.3 is 0 Å². The molecular weight excluding hydrogens is 358 g/mol. The molecule has 1 aliphatic heterocycles. The van der Waals surface area contributed by atoms with Crippen LogP contribution >= 0.6 is 15.9 Å². The van der Waals surface area contributed by atoms with E-state index in [2.05, 4.69) is 20.7 Å². The molecule has 0 bridgehead atoms. The van der Waals surface area contributed by atoms with Crippen LogP contribution in [0.25, 0.3) is 0 Å². The van der Waals surface area contributed by atoms with Crippen LogP contribution in [0.5, 0.6) is 0 Å². The molecule has 7 heteroatoms. The van der Waals surface area contributed by atoms with Gasteiger partial charge in [0.15, 0.2) is 0 Å². The van der Waals surface area contributed by atoms with Crippen molar-refractivity contribution in [3.63, 3.8) is 0 Å². The minimum absolute atomic E-state index is 0.0827. The Kier molecular flexibility index (Phi) is 5.43. The number of aliphatic hydroxyl groups is 1. The van der Waals surface area contributed by atoms with E-state index >= 15 is 0 Å². The average Bonchev–Trinajstić information content (AvgIpc) is 2.95. The Bertz CT molecular complexity index is 612. The molecule has 0 saturated carbocycles. The van der Waals surface area contributed by atoms with Crippen molar-refractivity contribution in [1.29, 1.82) is 0 Å². The molecule has 1 heterocycles. The van der Waals surface area contributed by atoms with Crippen LogP contribution in [0.15, 0.2) is 21.5 Å². The lowest BCUT2D eigenvalue weighted by atomic mass is 10.1. The molecule has 0 amide bonds. The van der Waals surface area contributed by atoms with Gasteiger partial charge in [-0.3, -0.25) is 0 Å². The number of aryl methyl sites for hydroxylation is 1. The molecule has 1 aliphatic rings. The van der Waals surface area contributed by atoms with Crippen molar-refractivity contribution < 1.29 is 18.3 Å². The molecule has 2 N–H and O–H groups in total. The normalized spacial score (nSPS) is 20.7. The van der Waals surface area contributed by atoms with Crippen molar-refractivity contribution in [2.24, 2.45) is 0 Å². The Balaban J connectivity index is 2.28. The van der Waals surface area contributed by atoms with Crippen molar-refractivity contribution in [2.45, 2.75) is 50.3 Å². The predicted molar refractivity (Wildman–Crippen MR) is 83.6 cm³/mol. The first-order valence-corrected chi connectivity index (χ1v) is 9.16. The molecule has 118 valence electrons. The maximum atomic E-state index is 12.6. The van der Waals surface area contributed by atoms with Crippen LogP contribution in [0, 0.1) is 6.92 Å². The highest BCUT2D eigenvalue weighted by molar-refractivity contribution is 9.10. The third kappa shape index (κ3) is 3.84. The van der Waals surface area contributed by atoms with Gasteiger partial charge in [-0.2, -0.15) is 0 Å². The maximum absolute atomic E-state index is 12.6. The number of aliphatic hydroxyl groups excluding tert-OH is 1. The van der Waals surface area contributed by atoms with Gasteiger partial charge in [0, 0.05) is 17.1 Å². The highest BCUT2D eigenvalue weighted by Gasteiger charge is 2.28. The van der Waals surface area contributed by atoms with E-state index in [9.17, 15) is 13.5 Å². The second-order valence-corrected chi connectivity index (χ2v) is 7.82. The number of sulfonamides is 1. The van der Waals surface area contributed by atoms with Crippen molar-refractivity contribution in [1.82, 2.24) is 4.72 Å². The molecule has 1 fully saturated rings. The summed E-state index contributed by atoms with van der Waals surface area (Å²) in [6.45, 7) is 4.09. The summed E-state index contributed by atoms with van der Waals surface area (Å²) in [4.78, 5) is 0.149. The van der Waals surface area contributed by atoms with Gasteiger partial charge in [0.25, 0.3) is 0 Å². The molecule has 0 aliphatic carbocycles. The molecule has 1 saturated heterocycles. The Labute approximate surface area is 133 Å². The summed E-state index contributed by atoms with van der Waals surface area (Å²) in [5, 5.41) is 9.25. The zero-order chi connectivity index (χ0) is 15.6. The number of rotatable bonds is 5. The van der Waals surface area contributed by atoms with E-state index < -0.39 is 10.0 Å². The van der Waals surface area contributed by atoms with Crippen molar-refractivity contribution in [2.75, 3.05) is 6.61 Å². The van der Waals surface area contributed by atoms with Crippen molar-refractivity contribution >= 4 is 26.0 Å². The van der Waals surface area contributed by atoms with E-state index in [0.29, 0.717) is 16.6 Å². The lowest BCUT2D eigenvalue weighted by Gasteiger charge is -2.21. The number of nitrogens with one attached hydrogen (secondary N) is 1. The third-order valence-corrected chi connectivity index (χ3v) is 6.51. The van der Waals surface area contributed by atoms with E-state index in [4.69, 9.17) is 4.74 Å². The van der Waals surface area contributed by atoms with Crippen LogP contribution in [0.2, 0.25) is 0 Å². The summed E-state index contributed by atoms with van der Waals surface area (Å²) in [5.74, 6) is 0. The van der Waals surface area contributed by atoms with Gasteiger partial charge in [-0.05, 0) is 59.8 Å². The molecule has 5 nitrogen and oxygen atoms in total. The van der Waals surface area contributed by atoms with E-state index in [-0.39, 0.29) is 23.6 Å². The molecule has 0 aromatic heterocycles. The summed E-state index contributed by atoms with van der Waals surface area (Å²) >= 11 is 3.32. The number of halogens is 1. The molecule has 21 heavy (non-hydrogen) atoms. The lowest BCUT2D eigenvalue weighted by Crippen LogP contribution is -2.40. The van der Waals surface area contributed by atoms with Gasteiger partial charge in [0.1, 0.15) is 0 Å². The monoisotopic (exact) mass is 377 g/mol. The Morgan fingerprint density at radius 3 is 2.81 bits per heavy atom. The zero-order valence-electron chi connectivity index (χ0n) is 12.1. The fourth-order valence-electron chi connectivity index (χ4n) is 2.48. The van der Waals surface area contributed by atoms with Gasteiger partial charge in [-0.25, -0.2) is 13.1 Å². The van der Waals surface area contributed by atoms with Crippen LogP contribution in [0.3, 0.4) is 0 Å². The predicted octanol–water partition coefficient (Wildman–Crippen LogP) is 2.10. The van der Waals surface area contributed by atoms with E-state index in [1.54, 1.807) is 13.0 Å². The summed E-state index contributed by atoms with van der Waals surface area (Å²) in [6, 6.07) is 2.95. The second kappa shape index (κ2) is 6.75. The molecule has 2 atom stereocenters. The zero-order valence-corrected chi connectivity index (χ0v) is 14.5. The maximum Gasteiger partial charge on any atom is 0.242 e. The molecule has 1 aromatic rings. The topological polar surface area (TPSA) is 75.6 Å². The van der Waals surface area contributed by atoms with Crippen LogP contribution in [0.4, 0.5) is 0 Å². The highest BCUT2D eigenvalue weighted by Crippen LogP contribution is 2.28. The highest BCUT2D eigenvalue weighted by atomic mass is 79.9. The van der Waals surface area contributed by atoms with Gasteiger partial charge in [0.05, 0.1) is 17.6 Å².